The number of nitro benzene ring substituents is 1. The molecule has 112 valence electrons. The van der Waals surface area contributed by atoms with Gasteiger partial charge in [0.25, 0.3) is 0 Å². The smallest absolute Gasteiger partial charge is 0.352 e. The maximum Gasteiger partial charge on any atom is 0.352 e. The molecular formula is C14H22N2O4. The first-order chi connectivity index (χ1) is 9.56. The van der Waals surface area contributed by atoms with Gasteiger partial charge in [-0.05, 0) is 18.6 Å². The molecule has 20 heavy (non-hydrogen) atoms. The Hall–Kier alpha value is -1.82. The van der Waals surface area contributed by atoms with Crippen LogP contribution in [0, 0.1) is 10.1 Å². The molecule has 0 aliphatic carbocycles. The Morgan fingerprint density at radius 3 is 2.35 bits per heavy atom. The summed E-state index contributed by atoms with van der Waals surface area (Å²) in [5.74, 6) is 0.500. The molecule has 0 heterocycles. The molecule has 0 aromatic heterocycles. The molecule has 0 atom stereocenters. The molecule has 0 aliphatic rings. The van der Waals surface area contributed by atoms with E-state index in [1.54, 1.807) is 18.2 Å². The average Bonchev–Trinajstić information content (AvgIpc) is 2.40. The van der Waals surface area contributed by atoms with Gasteiger partial charge in [-0.1, -0.05) is 26.8 Å². The number of ether oxygens (including phenoxy) is 2. The average molecular weight is 282 g/mol. The van der Waals surface area contributed by atoms with Gasteiger partial charge >= 0.3 is 5.69 Å². The highest BCUT2D eigenvalue weighted by atomic mass is 16.6. The SMILES string of the molecule is CCCOc1cccc(OCCNC(C)C)c1[N+](=O)[O-]. The quantitative estimate of drug-likeness (QED) is 0.428. The Morgan fingerprint density at radius 1 is 1.25 bits per heavy atom. The molecule has 1 aromatic carbocycles. The van der Waals surface area contributed by atoms with Gasteiger partial charge in [0.05, 0.1) is 11.5 Å². The van der Waals surface area contributed by atoms with Crippen LogP contribution in [0.4, 0.5) is 5.69 Å². The van der Waals surface area contributed by atoms with Crippen LogP contribution in [-0.4, -0.2) is 30.7 Å². The summed E-state index contributed by atoms with van der Waals surface area (Å²) in [6.45, 7) is 7.46. The van der Waals surface area contributed by atoms with Crippen molar-refractivity contribution in [2.75, 3.05) is 19.8 Å². The van der Waals surface area contributed by atoms with Gasteiger partial charge in [-0.25, -0.2) is 0 Å². The molecule has 6 nitrogen and oxygen atoms in total. The lowest BCUT2D eigenvalue weighted by Crippen LogP contribution is -2.27. The number of benzene rings is 1. The highest BCUT2D eigenvalue weighted by Crippen LogP contribution is 2.36. The summed E-state index contributed by atoms with van der Waals surface area (Å²) >= 11 is 0. The summed E-state index contributed by atoms with van der Waals surface area (Å²) in [4.78, 5) is 10.7. The minimum atomic E-state index is -0.462. The van der Waals surface area contributed by atoms with Gasteiger partial charge in [-0.2, -0.15) is 0 Å². The van der Waals surface area contributed by atoms with E-state index in [4.69, 9.17) is 9.47 Å². The van der Waals surface area contributed by atoms with Crippen molar-refractivity contribution in [3.05, 3.63) is 28.3 Å². The van der Waals surface area contributed by atoms with E-state index in [-0.39, 0.29) is 17.2 Å². The molecule has 0 bridgehead atoms. The Labute approximate surface area is 119 Å². The normalized spacial score (nSPS) is 10.6. The zero-order valence-electron chi connectivity index (χ0n) is 12.2. The van der Waals surface area contributed by atoms with Gasteiger partial charge in [0.15, 0.2) is 0 Å². The molecule has 0 aliphatic heterocycles. The van der Waals surface area contributed by atoms with Crippen LogP contribution < -0.4 is 14.8 Å². The summed E-state index contributed by atoms with van der Waals surface area (Å²) in [6.07, 6.45) is 0.792. The second kappa shape index (κ2) is 8.37. The van der Waals surface area contributed by atoms with Crippen molar-refractivity contribution < 1.29 is 14.4 Å². The largest absolute Gasteiger partial charge is 0.487 e. The van der Waals surface area contributed by atoms with Crippen LogP contribution in [-0.2, 0) is 0 Å². The predicted octanol–water partition coefficient (Wildman–Crippen LogP) is 2.76. The van der Waals surface area contributed by atoms with Crippen molar-refractivity contribution in [2.45, 2.75) is 33.2 Å². The summed E-state index contributed by atoms with van der Waals surface area (Å²) in [6, 6.07) is 5.23. The third-order valence-corrected chi connectivity index (χ3v) is 2.52. The van der Waals surface area contributed by atoms with E-state index < -0.39 is 4.92 Å². The minimum absolute atomic E-state index is 0.106. The van der Waals surface area contributed by atoms with Crippen LogP contribution in [0.3, 0.4) is 0 Å². The number of nitro groups is 1. The fourth-order valence-electron chi connectivity index (χ4n) is 1.64. The number of nitrogens with one attached hydrogen (secondary N) is 1. The second-order valence-electron chi connectivity index (χ2n) is 4.67. The molecule has 0 spiro atoms. The molecule has 1 rings (SSSR count). The lowest BCUT2D eigenvalue weighted by Gasteiger charge is -2.11. The van der Waals surface area contributed by atoms with Gasteiger partial charge in [-0.15, -0.1) is 0 Å². The first-order valence-corrected chi connectivity index (χ1v) is 6.82. The van der Waals surface area contributed by atoms with Gasteiger partial charge in [0.2, 0.25) is 11.5 Å². The lowest BCUT2D eigenvalue weighted by atomic mass is 10.2. The maximum absolute atomic E-state index is 11.2. The van der Waals surface area contributed by atoms with E-state index in [1.807, 2.05) is 20.8 Å². The van der Waals surface area contributed by atoms with Crippen molar-refractivity contribution in [3.63, 3.8) is 0 Å². The van der Waals surface area contributed by atoms with Crippen molar-refractivity contribution in [2.24, 2.45) is 0 Å². The molecule has 0 saturated carbocycles. The summed E-state index contributed by atoms with van der Waals surface area (Å²) in [5, 5.41) is 14.4. The molecule has 0 unspecified atom stereocenters. The molecule has 1 N–H and O–H groups in total. The zero-order chi connectivity index (χ0) is 15.0. The maximum atomic E-state index is 11.2. The molecule has 6 heteroatoms. The Balaban J connectivity index is 2.76. The summed E-state index contributed by atoms with van der Waals surface area (Å²) < 4.78 is 10.9. The number of nitrogens with zero attached hydrogens (tertiary/aromatic N) is 1. The van der Waals surface area contributed by atoms with E-state index in [1.165, 1.54) is 0 Å². The summed E-state index contributed by atoms with van der Waals surface area (Å²) in [7, 11) is 0. The summed E-state index contributed by atoms with van der Waals surface area (Å²) in [5.41, 5.74) is -0.106. The molecular weight excluding hydrogens is 260 g/mol. The monoisotopic (exact) mass is 282 g/mol. The Kier molecular flexibility index (Phi) is 6.79. The standard InChI is InChI=1S/C14H22N2O4/c1-4-9-19-12-6-5-7-13(14(12)16(17)18)20-10-8-15-11(2)3/h5-7,11,15H,4,8-10H2,1-3H3. The van der Waals surface area contributed by atoms with Crippen LogP contribution >= 0.6 is 0 Å². The molecule has 0 saturated heterocycles. The third-order valence-electron chi connectivity index (χ3n) is 2.52. The number of rotatable bonds is 9. The number of hydrogen-bond acceptors (Lipinski definition) is 5. The molecule has 0 amide bonds. The molecule has 0 fully saturated rings. The topological polar surface area (TPSA) is 73.6 Å². The van der Waals surface area contributed by atoms with Crippen LogP contribution in [0.15, 0.2) is 18.2 Å². The van der Waals surface area contributed by atoms with Crippen LogP contribution in [0.2, 0.25) is 0 Å². The van der Waals surface area contributed by atoms with E-state index in [0.29, 0.717) is 25.8 Å². The van der Waals surface area contributed by atoms with Crippen molar-refractivity contribution in [1.82, 2.24) is 5.32 Å². The molecule has 1 aromatic rings. The number of para-hydroxylation sites is 1. The lowest BCUT2D eigenvalue weighted by molar-refractivity contribution is -0.386. The zero-order valence-corrected chi connectivity index (χ0v) is 12.2. The third kappa shape index (κ3) is 5.05. The fourth-order valence-corrected chi connectivity index (χ4v) is 1.64. The second-order valence-corrected chi connectivity index (χ2v) is 4.67. The van der Waals surface area contributed by atoms with E-state index in [9.17, 15) is 10.1 Å². The predicted molar refractivity (Wildman–Crippen MR) is 77.5 cm³/mol. The van der Waals surface area contributed by atoms with Crippen LogP contribution in [0.1, 0.15) is 27.2 Å². The molecule has 0 radical (unpaired) electrons. The first-order valence-electron chi connectivity index (χ1n) is 6.82. The van der Waals surface area contributed by atoms with Crippen molar-refractivity contribution >= 4 is 5.69 Å². The van der Waals surface area contributed by atoms with E-state index in [0.717, 1.165) is 6.42 Å². The highest BCUT2D eigenvalue weighted by Gasteiger charge is 2.22. The highest BCUT2D eigenvalue weighted by molar-refractivity contribution is 5.57. The van der Waals surface area contributed by atoms with Crippen LogP contribution in [0.25, 0.3) is 0 Å². The van der Waals surface area contributed by atoms with E-state index in [2.05, 4.69) is 5.32 Å². The van der Waals surface area contributed by atoms with Gasteiger partial charge in [-0.3, -0.25) is 10.1 Å². The Morgan fingerprint density at radius 2 is 1.85 bits per heavy atom. The fraction of sp³-hybridized carbons (Fsp3) is 0.571. The first kappa shape index (κ1) is 16.2. The van der Waals surface area contributed by atoms with Gasteiger partial charge in [0, 0.05) is 12.6 Å². The van der Waals surface area contributed by atoms with Gasteiger partial charge < -0.3 is 14.8 Å². The van der Waals surface area contributed by atoms with Gasteiger partial charge in [0.1, 0.15) is 6.61 Å². The van der Waals surface area contributed by atoms with Crippen LogP contribution in [0.5, 0.6) is 11.5 Å². The van der Waals surface area contributed by atoms with Crippen molar-refractivity contribution in [1.29, 1.82) is 0 Å². The van der Waals surface area contributed by atoms with Crippen molar-refractivity contribution in [3.8, 4) is 11.5 Å². The Bertz CT molecular complexity index is 435. The van der Waals surface area contributed by atoms with E-state index >= 15 is 0 Å². The minimum Gasteiger partial charge on any atom is -0.487 e. The number of hydrogen-bond donors (Lipinski definition) is 1.